The van der Waals surface area contributed by atoms with Crippen molar-refractivity contribution in [3.63, 3.8) is 0 Å². The smallest absolute Gasteiger partial charge is 0.0236 e. The summed E-state index contributed by atoms with van der Waals surface area (Å²) >= 11 is 0. The van der Waals surface area contributed by atoms with Crippen LogP contribution in [0, 0.1) is 0 Å². The molecule has 2 nitrogen and oxygen atoms in total. The first-order valence-corrected chi connectivity index (χ1v) is 6.43. The number of hydrogen-bond donors (Lipinski definition) is 1. The molecule has 0 unspecified atom stereocenters. The van der Waals surface area contributed by atoms with Gasteiger partial charge in [0.1, 0.15) is 0 Å². The summed E-state index contributed by atoms with van der Waals surface area (Å²) in [7, 11) is 0. The van der Waals surface area contributed by atoms with E-state index in [0.29, 0.717) is 6.04 Å². The third-order valence-corrected chi connectivity index (χ3v) is 3.68. The quantitative estimate of drug-likeness (QED) is 0.827. The zero-order chi connectivity index (χ0) is 10.8. The Bertz CT molecular complexity index is 332. The highest BCUT2D eigenvalue weighted by atomic mass is 15.2. The van der Waals surface area contributed by atoms with Crippen LogP contribution in [0.2, 0.25) is 0 Å². The molecule has 0 bridgehead atoms. The minimum Gasteiger partial charge on any atom is -0.311 e. The second kappa shape index (κ2) is 4.56. The molecule has 0 spiro atoms. The number of benzene rings is 1. The molecule has 1 saturated carbocycles. The Kier molecular flexibility index (Phi) is 2.94. The Balaban J connectivity index is 1.58. The average molecular weight is 216 g/mol. The first-order valence-electron chi connectivity index (χ1n) is 6.43. The van der Waals surface area contributed by atoms with Crippen molar-refractivity contribution in [1.82, 2.24) is 10.2 Å². The molecular weight excluding hydrogens is 196 g/mol. The second-order valence-electron chi connectivity index (χ2n) is 5.07. The van der Waals surface area contributed by atoms with Gasteiger partial charge < -0.3 is 5.32 Å². The normalized spacial score (nSPS) is 26.9. The molecule has 0 amide bonds. The van der Waals surface area contributed by atoms with E-state index in [9.17, 15) is 0 Å². The highest BCUT2D eigenvalue weighted by Crippen LogP contribution is 2.27. The van der Waals surface area contributed by atoms with Gasteiger partial charge in [-0.2, -0.15) is 0 Å². The molecular formula is C14H20N2. The van der Waals surface area contributed by atoms with Gasteiger partial charge in [0.2, 0.25) is 0 Å². The van der Waals surface area contributed by atoms with Crippen molar-refractivity contribution < 1.29 is 0 Å². The van der Waals surface area contributed by atoms with Crippen LogP contribution in [0.15, 0.2) is 30.3 Å². The van der Waals surface area contributed by atoms with Crippen molar-refractivity contribution in [1.29, 1.82) is 0 Å². The highest BCUT2D eigenvalue weighted by Gasteiger charge is 2.32. The van der Waals surface area contributed by atoms with Crippen molar-refractivity contribution >= 4 is 0 Å². The van der Waals surface area contributed by atoms with E-state index in [1.54, 1.807) is 0 Å². The van der Waals surface area contributed by atoms with Gasteiger partial charge >= 0.3 is 0 Å². The number of rotatable bonds is 3. The molecule has 2 fully saturated rings. The Hall–Kier alpha value is -0.860. The lowest BCUT2D eigenvalue weighted by Crippen LogP contribution is -2.52. The zero-order valence-electron chi connectivity index (χ0n) is 9.73. The van der Waals surface area contributed by atoms with Gasteiger partial charge in [0.15, 0.2) is 0 Å². The summed E-state index contributed by atoms with van der Waals surface area (Å²) in [6.07, 6.45) is 4.03. The van der Waals surface area contributed by atoms with Crippen molar-refractivity contribution in [3.05, 3.63) is 35.9 Å². The summed E-state index contributed by atoms with van der Waals surface area (Å²) in [6, 6.07) is 12.4. The van der Waals surface area contributed by atoms with Crippen LogP contribution in [-0.4, -0.2) is 36.6 Å². The van der Waals surface area contributed by atoms with E-state index in [-0.39, 0.29) is 0 Å². The standard InChI is InChI=1S/C14H20N2/c1-2-4-12(5-3-1)10-13-11-16(9-8-15-13)14-6-7-14/h1-5,13-15H,6-11H2/t13-/m0/s1. The lowest BCUT2D eigenvalue weighted by atomic mass is 10.0. The van der Waals surface area contributed by atoms with Gasteiger partial charge in [-0.25, -0.2) is 0 Å². The van der Waals surface area contributed by atoms with E-state index in [1.807, 2.05) is 0 Å². The van der Waals surface area contributed by atoms with Crippen LogP contribution in [0.4, 0.5) is 0 Å². The summed E-state index contributed by atoms with van der Waals surface area (Å²) in [5, 5.41) is 3.64. The van der Waals surface area contributed by atoms with E-state index in [0.717, 1.165) is 12.6 Å². The largest absolute Gasteiger partial charge is 0.311 e. The molecule has 1 N–H and O–H groups in total. The highest BCUT2D eigenvalue weighted by molar-refractivity contribution is 5.16. The molecule has 0 radical (unpaired) electrons. The van der Waals surface area contributed by atoms with Gasteiger partial charge in [0, 0.05) is 31.7 Å². The fourth-order valence-corrected chi connectivity index (χ4v) is 2.66. The van der Waals surface area contributed by atoms with E-state index in [1.165, 1.54) is 37.9 Å². The Labute approximate surface area is 97.6 Å². The minimum absolute atomic E-state index is 0.650. The fraction of sp³-hybridized carbons (Fsp3) is 0.571. The third kappa shape index (κ3) is 2.45. The van der Waals surface area contributed by atoms with Gasteiger partial charge in [-0.1, -0.05) is 30.3 Å². The van der Waals surface area contributed by atoms with Crippen LogP contribution in [-0.2, 0) is 6.42 Å². The minimum atomic E-state index is 0.650. The Morgan fingerprint density at radius 2 is 2.00 bits per heavy atom. The topological polar surface area (TPSA) is 15.3 Å². The SMILES string of the molecule is c1ccc(C[C@H]2CN(C3CC3)CCN2)cc1. The molecule has 2 aliphatic rings. The van der Waals surface area contributed by atoms with E-state index in [2.05, 4.69) is 40.5 Å². The van der Waals surface area contributed by atoms with Gasteiger partial charge in [-0.3, -0.25) is 4.90 Å². The Morgan fingerprint density at radius 3 is 2.75 bits per heavy atom. The van der Waals surface area contributed by atoms with Crippen LogP contribution in [0.25, 0.3) is 0 Å². The first kappa shape index (κ1) is 10.3. The van der Waals surface area contributed by atoms with Crippen molar-refractivity contribution in [2.24, 2.45) is 0 Å². The lowest BCUT2D eigenvalue weighted by molar-refractivity contribution is 0.190. The summed E-state index contributed by atoms with van der Waals surface area (Å²) in [6.45, 7) is 3.64. The van der Waals surface area contributed by atoms with Gasteiger partial charge in [-0.05, 0) is 24.8 Å². The van der Waals surface area contributed by atoms with Gasteiger partial charge in [0.25, 0.3) is 0 Å². The molecule has 1 aliphatic carbocycles. The maximum absolute atomic E-state index is 3.64. The Morgan fingerprint density at radius 1 is 1.19 bits per heavy atom. The summed E-state index contributed by atoms with van der Waals surface area (Å²) < 4.78 is 0. The molecule has 0 aromatic heterocycles. The fourth-order valence-electron chi connectivity index (χ4n) is 2.66. The zero-order valence-corrected chi connectivity index (χ0v) is 9.73. The number of hydrogen-bond acceptors (Lipinski definition) is 2. The summed E-state index contributed by atoms with van der Waals surface area (Å²) in [5.41, 5.74) is 1.46. The molecule has 1 atom stereocenters. The average Bonchev–Trinajstić information content (AvgIpc) is 3.15. The maximum atomic E-state index is 3.64. The predicted molar refractivity (Wildman–Crippen MR) is 66.5 cm³/mol. The van der Waals surface area contributed by atoms with Crippen molar-refractivity contribution in [2.75, 3.05) is 19.6 Å². The summed E-state index contributed by atoms with van der Waals surface area (Å²) in [4.78, 5) is 2.67. The van der Waals surface area contributed by atoms with Gasteiger partial charge in [0.05, 0.1) is 0 Å². The van der Waals surface area contributed by atoms with Crippen LogP contribution in [0.5, 0.6) is 0 Å². The molecule has 1 aliphatic heterocycles. The number of nitrogens with one attached hydrogen (secondary N) is 1. The molecule has 1 saturated heterocycles. The van der Waals surface area contributed by atoms with Crippen molar-refractivity contribution in [3.8, 4) is 0 Å². The molecule has 1 aromatic carbocycles. The van der Waals surface area contributed by atoms with Gasteiger partial charge in [-0.15, -0.1) is 0 Å². The first-order chi connectivity index (χ1) is 7.92. The molecule has 1 aromatic rings. The van der Waals surface area contributed by atoms with Crippen molar-refractivity contribution in [2.45, 2.75) is 31.3 Å². The summed E-state index contributed by atoms with van der Waals surface area (Å²) in [5.74, 6) is 0. The maximum Gasteiger partial charge on any atom is 0.0236 e. The van der Waals surface area contributed by atoms with E-state index < -0.39 is 0 Å². The monoisotopic (exact) mass is 216 g/mol. The van der Waals surface area contributed by atoms with Crippen LogP contribution in [0.1, 0.15) is 18.4 Å². The second-order valence-corrected chi connectivity index (χ2v) is 5.07. The van der Waals surface area contributed by atoms with Crippen LogP contribution < -0.4 is 5.32 Å². The molecule has 3 rings (SSSR count). The molecule has 2 heteroatoms. The number of piperazine rings is 1. The molecule has 16 heavy (non-hydrogen) atoms. The molecule has 1 heterocycles. The third-order valence-electron chi connectivity index (χ3n) is 3.68. The van der Waals surface area contributed by atoms with Crippen LogP contribution in [0.3, 0.4) is 0 Å². The predicted octanol–water partition coefficient (Wildman–Crippen LogP) is 1.67. The van der Waals surface area contributed by atoms with E-state index >= 15 is 0 Å². The molecule has 86 valence electrons. The van der Waals surface area contributed by atoms with E-state index in [4.69, 9.17) is 0 Å². The van der Waals surface area contributed by atoms with Crippen LogP contribution >= 0.6 is 0 Å². The lowest BCUT2D eigenvalue weighted by Gasteiger charge is -2.33. The number of nitrogens with zero attached hydrogens (tertiary/aromatic N) is 1.